The number of carbonyl (C=O) groups is 1. The number of hydrogen-bond acceptors (Lipinski definition) is 6. The van der Waals surface area contributed by atoms with Crippen molar-refractivity contribution in [3.63, 3.8) is 0 Å². The first kappa shape index (κ1) is 21.8. The molecule has 0 aliphatic carbocycles. The molecule has 0 aromatic heterocycles. The predicted octanol–water partition coefficient (Wildman–Crippen LogP) is 3.71. The van der Waals surface area contributed by atoms with Crippen molar-refractivity contribution in [3.8, 4) is 5.75 Å². The van der Waals surface area contributed by atoms with Gasteiger partial charge < -0.3 is 10.1 Å². The van der Waals surface area contributed by atoms with Crippen LogP contribution in [0.1, 0.15) is 5.56 Å². The number of non-ortho nitro benzene ring substituents is 1. The van der Waals surface area contributed by atoms with Gasteiger partial charge in [-0.3, -0.25) is 14.4 Å². The van der Waals surface area contributed by atoms with E-state index < -0.39 is 21.0 Å². The van der Waals surface area contributed by atoms with Gasteiger partial charge in [-0.1, -0.05) is 30.3 Å². The van der Waals surface area contributed by atoms with E-state index >= 15 is 0 Å². The van der Waals surface area contributed by atoms with E-state index in [0.717, 1.165) is 0 Å². The molecule has 0 saturated carbocycles. The largest absolute Gasteiger partial charge is 0.412 e. The number of ether oxygens (including phenoxy) is 1. The molecule has 0 radical (unpaired) electrons. The molecule has 160 valence electrons. The quantitative estimate of drug-likeness (QED) is 0.441. The molecule has 1 N–H and O–H groups in total. The van der Waals surface area contributed by atoms with Crippen molar-refractivity contribution >= 4 is 27.5 Å². The number of rotatable bonds is 7. The Bertz CT molecular complexity index is 1180. The second-order valence-electron chi connectivity index (χ2n) is 6.45. The molecule has 3 aromatic rings. The number of nitro groups is 1. The number of carbonyl (C=O) groups excluding carboxylic acids is 1. The highest BCUT2D eigenvalue weighted by Gasteiger charge is 2.21. The minimum atomic E-state index is -3.72. The van der Waals surface area contributed by atoms with Crippen molar-refractivity contribution in [2.75, 3.05) is 11.4 Å². The molecule has 3 aromatic carbocycles. The maximum Gasteiger partial charge on any atom is 0.412 e. The molecule has 9 nitrogen and oxygen atoms in total. The van der Waals surface area contributed by atoms with Crippen molar-refractivity contribution in [2.24, 2.45) is 0 Å². The van der Waals surface area contributed by atoms with Crippen molar-refractivity contribution in [1.29, 1.82) is 0 Å². The van der Waals surface area contributed by atoms with Gasteiger partial charge in [-0.05, 0) is 42.0 Å². The summed E-state index contributed by atoms with van der Waals surface area (Å²) in [6.45, 7) is 0.0961. The van der Waals surface area contributed by atoms with E-state index in [1.165, 1.54) is 47.8 Å². The summed E-state index contributed by atoms with van der Waals surface area (Å²) in [7, 11) is -2.26. The smallest absolute Gasteiger partial charge is 0.410 e. The third-order valence-corrected chi connectivity index (χ3v) is 6.17. The van der Waals surface area contributed by atoms with Gasteiger partial charge in [0, 0.05) is 25.7 Å². The van der Waals surface area contributed by atoms with Gasteiger partial charge in [0.15, 0.2) is 0 Å². The monoisotopic (exact) mass is 441 g/mol. The molecule has 3 rings (SSSR count). The normalized spacial score (nSPS) is 10.9. The van der Waals surface area contributed by atoms with Gasteiger partial charge in [0.25, 0.3) is 15.7 Å². The molecule has 0 atom stereocenters. The molecule has 0 fully saturated rings. The highest BCUT2D eigenvalue weighted by Crippen LogP contribution is 2.23. The molecule has 31 heavy (non-hydrogen) atoms. The maximum atomic E-state index is 12.8. The molecule has 1 amide bonds. The minimum Gasteiger partial charge on any atom is -0.410 e. The van der Waals surface area contributed by atoms with Crippen LogP contribution in [0.4, 0.5) is 16.2 Å². The lowest BCUT2D eigenvalue weighted by Gasteiger charge is -2.20. The van der Waals surface area contributed by atoms with Gasteiger partial charge in [0.2, 0.25) is 0 Å². The highest BCUT2D eigenvalue weighted by atomic mass is 32.2. The zero-order chi connectivity index (χ0) is 22.4. The zero-order valence-corrected chi connectivity index (χ0v) is 17.3. The minimum absolute atomic E-state index is 0.0961. The van der Waals surface area contributed by atoms with E-state index in [0.29, 0.717) is 11.3 Å². The number of nitrogens with one attached hydrogen (secondary N) is 1. The predicted molar refractivity (Wildman–Crippen MR) is 114 cm³/mol. The summed E-state index contributed by atoms with van der Waals surface area (Å²) < 4.78 is 31.8. The van der Waals surface area contributed by atoms with Crippen molar-refractivity contribution in [1.82, 2.24) is 5.32 Å². The number of anilines is 1. The molecule has 0 heterocycles. The first-order valence-corrected chi connectivity index (χ1v) is 10.5. The average Bonchev–Trinajstić information content (AvgIpc) is 2.78. The summed E-state index contributed by atoms with van der Waals surface area (Å²) in [6.07, 6.45) is -0.746. The molecule has 0 aliphatic heterocycles. The Balaban J connectivity index is 1.64. The molecular weight excluding hydrogens is 422 g/mol. The number of nitro benzene ring substituents is 1. The van der Waals surface area contributed by atoms with E-state index in [1.807, 2.05) is 0 Å². The van der Waals surface area contributed by atoms with E-state index in [9.17, 15) is 23.3 Å². The summed E-state index contributed by atoms with van der Waals surface area (Å²) >= 11 is 0. The van der Waals surface area contributed by atoms with E-state index in [1.54, 1.807) is 42.5 Å². The standard InChI is InChI=1S/C21H19N3O6S/c1-23(31(28,29)20-8-3-2-4-9-20)18-7-5-6-16(14-18)15-22-21(25)30-19-12-10-17(11-13-19)24(26)27/h2-14H,15H2,1H3,(H,22,25). The number of hydrogen-bond donors (Lipinski definition) is 1. The zero-order valence-electron chi connectivity index (χ0n) is 16.5. The fourth-order valence-corrected chi connectivity index (χ4v) is 3.91. The SMILES string of the molecule is CN(c1cccc(CNC(=O)Oc2ccc([N+](=O)[O-])cc2)c1)S(=O)(=O)c1ccccc1. The Morgan fingerprint density at radius 1 is 1.03 bits per heavy atom. The Kier molecular flexibility index (Phi) is 6.51. The van der Waals surface area contributed by atoms with Crippen molar-refractivity contribution in [3.05, 3.63) is 94.5 Å². The molecular formula is C21H19N3O6S. The van der Waals surface area contributed by atoms with Gasteiger partial charge in [0.05, 0.1) is 15.5 Å². The molecule has 0 saturated heterocycles. The van der Waals surface area contributed by atoms with Crippen LogP contribution >= 0.6 is 0 Å². The maximum absolute atomic E-state index is 12.8. The fourth-order valence-electron chi connectivity index (χ4n) is 2.70. The summed E-state index contributed by atoms with van der Waals surface area (Å²) in [4.78, 5) is 22.3. The van der Waals surface area contributed by atoms with Gasteiger partial charge in [0.1, 0.15) is 5.75 Å². The Morgan fingerprint density at radius 3 is 2.35 bits per heavy atom. The average molecular weight is 441 g/mol. The van der Waals surface area contributed by atoms with Gasteiger partial charge in [-0.25, -0.2) is 13.2 Å². The molecule has 0 unspecified atom stereocenters. The third kappa shape index (κ3) is 5.37. The van der Waals surface area contributed by atoms with Gasteiger partial charge in [-0.15, -0.1) is 0 Å². The molecule has 10 heteroatoms. The number of amides is 1. The third-order valence-electron chi connectivity index (χ3n) is 4.37. The second-order valence-corrected chi connectivity index (χ2v) is 8.42. The fraction of sp³-hybridized carbons (Fsp3) is 0.0952. The molecule has 0 aliphatic rings. The molecule has 0 bridgehead atoms. The summed E-state index contributed by atoms with van der Waals surface area (Å²) in [6, 6.07) is 19.9. The van der Waals surface area contributed by atoms with Crippen LogP contribution in [0.5, 0.6) is 5.75 Å². The summed E-state index contributed by atoms with van der Waals surface area (Å²) in [5.74, 6) is 0.158. The highest BCUT2D eigenvalue weighted by molar-refractivity contribution is 7.92. The topological polar surface area (TPSA) is 119 Å². The Labute approximate surface area is 179 Å². The van der Waals surface area contributed by atoms with Crippen molar-refractivity contribution in [2.45, 2.75) is 11.4 Å². The van der Waals surface area contributed by atoms with Crippen LogP contribution in [0.2, 0.25) is 0 Å². The van der Waals surface area contributed by atoms with Crippen LogP contribution < -0.4 is 14.4 Å². The second kappa shape index (κ2) is 9.26. The lowest BCUT2D eigenvalue weighted by Crippen LogP contribution is -2.28. The van der Waals surface area contributed by atoms with Crippen LogP contribution in [0.25, 0.3) is 0 Å². The Hall–Kier alpha value is -3.92. The van der Waals surface area contributed by atoms with Crippen LogP contribution in [0.15, 0.2) is 83.8 Å². The van der Waals surface area contributed by atoms with E-state index in [4.69, 9.17) is 4.74 Å². The van der Waals surface area contributed by atoms with Crippen LogP contribution in [0, 0.1) is 10.1 Å². The number of benzene rings is 3. The Morgan fingerprint density at radius 2 is 1.71 bits per heavy atom. The van der Waals surface area contributed by atoms with E-state index in [2.05, 4.69) is 5.32 Å². The van der Waals surface area contributed by atoms with E-state index in [-0.39, 0.29) is 22.9 Å². The molecule has 0 spiro atoms. The van der Waals surface area contributed by atoms with Crippen LogP contribution in [-0.2, 0) is 16.6 Å². The first-order chi connectivity index (χ1) is 14.8. The van der Waals surface area contributed by atoms with Gasteiger partial charge >= 0.3 is 6.09 Å². The lowest BCUT2D eigenvalue weighted by atomic mass is 10.2. The van der Waals surface area contributed by atoms with Crippen molar-refractivity contribution < 1.29 is 22.9 Å². The van der Waals surface area contributed by atoms with Crippen LogP contribution in [0.3, 0.4) is 0 Å². The van der Waals surface area contributed by atoms with Gasteiger partial charge in [-0.2, -0.15) is 0 Å². The summed E-state index contributed by atoms with van der Waals surface area (Å²) in [5.41, 5.74) is 0.985. The number of sulfonamides is 1. The van der Waals surface area contributed by atoms with Crippen LogP contribution in [-0.4, -0.2) is 26.5 Å². The lowest BCUT2D eigenvalue weighted by molar-refractivity contribution is -0.384. The summed E-state index contributed by atoms with van der Waals surface area (Å²) in [5, 5.41) is 13.2. The first-order valence-electron chi connectivity index (χ1n) is 9.10. The number of nitrogens with zero attached hydrogens (tertiary/aromatic N) is 2.